The molecule has 90 valence electrons. The first-order valence-electron chi connectivity index (χ1n) is 4.76. The quantitative estimate of drug-likeness (QED) is 0.549. The molecule has 1 saturated carbocycles. The van der Waals surface area contributed by atoms with Crippen molar-refractivity contribution >= 4 is 24.0 Å². The van der Waals surface area contributed by atoms with Gasteiger partial charge in [-0.25, -0.2) is 4.39 Å². The summed E-state index contributed by atoms with van der Waals surface area (Å²) >= 11 is 0.796. The molecule has 0 unspecified atom stereocenters. The predicted molar refractivity (Wildman–Crippen MR) is 52.1 cm³/mol. The molecular weight excluding hydrogens is 239 g/mol. The van der Waals surface area contributed by atoms with E-state index in [0.29, 0.717) is 0 Å². The highest BCUT2D eigenvalue weighted by Gasteiger charge is 2.82. The van der Waals surface area contributed by atoms with Gasteiger partial charge >= 0.3 is 11.9 Å². The highest BCUT2D eigenvalue weighted by Crippen LogP contribution is 2.69. The van der Waals surface area contributed by atoms with Crippen LogP contribution < -0.4 is 0 Å². The second-order valence-electron chi connectivity index (χ2n) is 3.86. The van der Waals surface area contributed by atoms with Crippen LogP contribution in [-0.2, 0) is 23.2 Å². The summed E-state index contributed by atoms with van der Waals surface area (Å²) in [5, 5.41) is 0. The van der Waals surface area contributed by atoms with E-state index in [0.717, 1.165) is 12.0 Å². The third-order valence-electron chi connectivity index (χ3n) is 2.55. The monoisotopic (exact) mass is 250 g/mol. The van der Waals surface area contributed by atoms with Crippen molar-refractivity contribution in [1.29, 1.82) is 0 Å². The summed E-state index contributed by atoms with van der Waals surface area (Å²) in [6, 6.07) is 0. The van der Waals surface area contributed by atoms with Crippen LogP contribution in [0.3, 0.4) is 0 Å². The third kappa shape index (κ3) is 1.67. The number of esters is 2. The van der Waals surface area contributed by atoms with Gasteiger partial charge in [-0.3, -0.25) is 9.59 Å². The van der Waals surface area contributed by atoms with E-state index >= 15 is 0 Å². The molecule has 0 aromatic carbocycles. The zero-order chi connectivity index (χ0) is 12.0. The maximum atomic E-state index is 14.2. The molecular formula is C9H11FO5S. The highest BCUT2D eigenvalue weighted by molar-refractivity contribution is 7.96. The van der Waals surface area contributed by atoms with E-state index in [1.54, 1.807) is 0 Å². The van der Waals surface area contributed by atoms with Gasteiger partial charge in [0.15, 0.2) is 5.67 Å². The Hall–Kier alpha value is -0.820. The van der Waals surface area contributed by atoms with E-state index in [1.807, 2.05) is 0 Å². The van der Waals surface area contributed by atoms with Gasteiger partial charge in [-0.05, 0) is 0 Å². The van der Waals surface area contributed by atoms with Crippen LogP contribution in [0.15, 0.2) is 0 Å². The van der Waals surface area contributed by atoms with E-state index < -0.39 is 28.6 Å². The summed E-state index contributed by atoms with van der Waals surface area (Å²) in [6.07, 6.45) is -0.795. The molecule has 3 atom stereocenters. The van der Waals surface area contributed by atoms with Crippen LogP contribution in [0.2, 0.25) is 0 Å². The van der Waals surface area contributed by atoms with Crippen molar-refractivity contribution in [3.8, 4) is 0 Å². The molecule has 0 radical (unpaired) electrons. The van der Waals surface area contributed by atoms with Crippen molar-refractivity contribution in [1.82, 2.24) is 0 Å². The fraction of sp³-hybridized carbons (Fsp3) is 0.778. The molecule has 1 saturated heterocycles. The van der Waals surface area contributed by atoms with Crippen LogP contribution in [0.4, 0.5) is 4.39 Å². The fourth-order valence-corrected chi connectivity index (χ4v) is 2.86. The Kier molecular flexibility index (Phi) is 2.62. The first-order chi connectivity index (χ1) is 7.40. The second-order valence-corrected chi connectivity index (χ2v) is 4.88. The Morgan fingerprint density at radius 1 is 1.50 bits per heavy atom. The SMILES string of the molecule is CC(=O)OC[C@H]1OS[C@@]2(OC(C)=O)C[C@@]12F. The first-order valence-corrected chi connectivity index (χ1v) is 5.50. The van der Waals surface area contributed by atoms with Gasteiger partial charge in [-0.15, -0.1) is 0 Å². The maximum absolute atomic E-state index is 14.2. The lowest BCUT2D eigenvalue weighted by Gasteiger charge is -2.13. The van der Waals surface area contributed by atoms with Crippen molar-refractivity contribution in [2.24, 2.45) is 0 Å². The molecule has 16 heavy (non-hydrogen) atoms. The number of halogens is 1. The van der Waals surface area contributed by atoms with E-state index in [4.69, 9.17) is 8.92 Å². The zero-order valence-electron chi connectivity index (χ0n) is 8.82. The molecule has 0 aromatic heterocycles. The first kappa shape index (κ1) is 11.7. The van der Waals surface area contributed by atoms with Crippen molar-refractivity contribution in [3.05, 3.63) is 0 Å². The number of alkyl halides is 1. The Morgan fingerprint density at radius 3 is 2.69 bits per heavy atom. The fourth-order valence-electron chi connectivity index (χ4n) is 1.69. The second kappa shape index (κ2) is 3.59. The summed E-state index contributed by atoms with van der Waals surface area (Å²) < 4.78 is 28.8. The van der Waals surface area contributed by atoms with Crippen molar-refractivity contribution in [2.45, 2.75) is 37.0 Å². The molecule has 5 nitrogen and oxygen atoms in total. The minimum Gasteiger partial charge on any atom is -0.463 e. The summed E-state index contributed by atoms with van der Waals surface area (Å²) in [4.78, 5) is 20.2. The standard InChI is InChI=1S/C9H11FO5S/c1-5(11)13-3-7-8(10)4-9(8,16-15-7)14-6(2)12/h7H,3-4H2,1-2H3/t7-,8-,9+/m1/s1. The predicted octanol–water partition coefficient (Wildman–Crippen LogP) is 0.968. The molecule has 2 aliphatic rings. The van der Waals surface area contributed by atoms with Crippen LogP contribution >= 0.6 is 12.0 Å². The highest BCUT2D eigenvalue weighted by atomic mass is 32.2. The number of ether oxygens (including phenoxy) is 2. The van der Waals surface area contributed by atoms with Gasteiger partial charge in [0.25, 0.3) is 0 Å². The molecule has 0 aromatic rings. The van der Waals surface area contributed by atoms with E-state index in [9.17, 15) is 14.0 Å². The molecule has 2 rings (SSSR count). The van der Waals surface area contributed by atoms with Gasteiger partial charge in [0, 0.05) is 32.3 Å². The number of rotatable bonds is 3. The van der Waals surface area contributed by atoms with Crippen molar-refractivity contribution in [2.75, 3.05) is 6.61 Å². The van der Waals surface area contributed by atoms with Crippen LogP contribution in [0.25, 0.3) is 0 Å². The molecule has 0 N–H and O–H groups in total. The Bertz CT molecular complexity index is 345. The Morgan fingerprint density at radius 2 is 2.19 bits per heavy atom. The molecule has 0 bridgehead atoms. The maximum Gasteiger partial charge on any atom is 0.304 e. The Labute approximate surface area is 95.8 Å². The number of carbonyl (C=O) groups excluding carboxylic acids is 2. The summed E-state index contributed by atoms with van der Waals surface area (Å²) in [5.74, 6) is -1.05. The number of carbonyl (C=O) groups is 2. The lowest BCUT2D eigenvalue weighted by Crippen LogP contribution is -2.32. The average molecular weight is 250 g/mol. The molecule has 1 aliphatic carbocycles. The van der Waals surface area contributed by atoms with Gasteiger partial charge in [-0.1, -0.05) is 0 Å². The van der Waals surface area contributed by atoms with Crippen LogP contribution in [0.5, 0.6) is 0 Å². The topological polar surface area (TPSA) is 61.8 Å². The lowest BCUT2D eigenvalue weighted by molar-refractivity contribution is -0.148. The molecule has 2 fully saturated rings. The largest absolute Gasteiger partial charge is 0.463 e. The van der Waals surface area contributed by atoms with Gasteiger partial charge in [0.1, 0.15) is 12.7 Å². The number of hydrogen-bond acceptors (Lipinski definition) is 6. The number of hydrogen-bond donors (Lipinski definition) is 0. The van der Waals surface area contributed by atoms with Crippen molar-refractivity contribution < 1.29 is 27.6 Å². The summed E-state index contributed by atoms with van der Waals surface area (Å²) in [5.41, 5.74) is -1.74. The molecule has 7 heteroatoms. The molecule has 0 spiro atoms. The average Bonchev–Trinajstić information content (AvgIpc) is 2.61. The normalized spacial score (nSPS) is 40.1. The van der Waals surface area contributed by atoms with E-state index in [1.165, 1.54) is 13.8 Å². The third-order valence-corrected chi connectivity index (χ3v) is 3.72. The van der Waals surface area contributed by atoms with Crippen LogP contribution in [0.1, 0.15) is 20.3 Å². The lowest BCUT2D eigenvalue weighted by atomic mass is 10.2. The van der Waals surface area contributed by atoms with Crippen molar-refractivity contribution in [3.63, 3.8) is 0 Å². The van der Waals surface area contributed by atoms with Gasteiger partial charge in [0.2, 0.25) is 4.93 Å². The molecule has 1 heterocycles. The van der Waals surface area contributed by atoms with Crippen LogP contribution in [0, 0.1) is 0 Å². The molecule has 0 amide bonds. The van der Waals surface area contributed by atoms with Gasteiger partial charge in [0.05, 0.1) is 0 Å². The molecule has 1 aliphatic heterocycles. The zero-order valence-corrected chi connectivity index (χ0v) is 9.64. The van der Waals surface area contributed by atoms with Crippen LogP contribution in [-0.4, -0.2) is 35.3 Å². The summed E-state index contributed by atoms with van der Waals surface area (Å²) in [6.45, 7) is 2.29. The van der Waals surface area contributed by atoms with E-state index in [2.05, 4.69) is 4.74 Å². The van der Waals surface area contributed by atoms with E-state index in [-0.39, 0.29) is 13.0 Å². The number of fused-ring (bicyclic) bond motifs is 1. The van der Waals surface area contributed by atoms with Gasteiger partial charge in [-0.2, -0.15) is 0 Å². The Balaban J connectivity index is 1.97. The minimum absolute atomic E-state index is 0.0795. The smallest absolute Gasteiger partial charge is 0.304 e. The minimum atomic E-state index is -1.74. The van der Waals surface area contributed by atoms with Gasteiger partial charge < -0.3 is 13.7 Å². The summed E-state index contributed by atoms with van der Waals surface area (Å²) in [7, 11) is 0.